The molecule has 0 fully saturated rings. The third-order valence-corrected chi connectivity index (χ3v) is 5.87. The van der Waals surface area contributed by atoms with Crippen molar-refractivity contribution in [3.63, 3.8) is 0 Å². The summed E-state index contributed by atoms with van der Waals surface area (Å²) in [5.41, 5.74) is 1.49. The van der Waals surface area contributed by atoms with E-state index in [9.17, 15) is 8.42 Å². The summed E-state index contributed by atoms with van der Waals surface area (Å²) in [6.07, 6.45) is 0. The second-order valence-corrected chi connectivity index (χ2v) is 7.70. The fourth-order valence-corrected chi connectivity index (χ4v) is 3.96. The summed E-state index contributed by atoms with van der Waals surface area (Å²) in [5, 5.41) is 10.6. The fourth-order valence-electron chi connectivity index (χ4n) is 1.43. The minimum Gasteiger partial charge on any atom is -0.392 e. The first kappa shape index (κ1) is 14.7. The van der Waals surface area contributed by atoms with Crippen LogP contribution in [0.15, 0.2) is 44.4 Å². The van der Waals surface area contributed by atoms with Gasteiger partial charge in [-0.05, 0) is 34.7 Å². The first-order chi connectivity index (χ1) is 9.01. The maximum Gasteiger partial charge on any atom is 0.250 e. The highest BCUT2D eigenvalue weighted by molar-refractivity contribution is 9.10. The summed E-state index contributed by atoms with van der Waals surface area (Å²) in [6, 6.07) is 8.90. The fraction of sp³-hybridized carbons (Fsp3) is 0.167. The van der Waals surface area contributed by atoms with Gasteiger partial charge >= 0.3 is 0 Å². The molecule has 0 amide bonds. The van der Waals surface area contributed by atoms with Crippen LogP contribution in [0.3, 0.4) is 0 Å². The van der Waals surface area contributed by atoms with Gasteiger partial charge in [0, 0.05) is 11.0 Å². The van der Waals surface area contributed by atoms with Crippen LogP contribution >= 0.6 is 27.3 Å². The molecule has 19 heavy (non-hydrogen) atoms. The lowest BCUT2D eigenvalue weighted by molar-refractivity contribution is 0.282. The molecule has 0 saturated carbocycles. The second-order valence-electron chi connectivity index (χ2n) is 3.88. The van der Waals surface area contributed by atoms with Crippen molar-refractivity contribution in [2.24, 2.45) is 0 Å². The van der Waals surface area contributed by atoms with Crippen molar-refractivity contribution in [2.45, 2.75) is 17.4 Å². The first-order valence-corrected chi connectivity index (χ1v) is 8.59. The van der Waals surface area contributed by atoms with Crippen LogP contribution < -0.4 is 4.72 Å². The number of thiophene rings is 1. The van der Waals surface area contributed by atoms with Gasteiger partial charge in [-0.2, -0.15) is 0 Å². The van der Waals surface area contributed by atoms with Crippen LogP contribution in [0.4, 0.5) is 0 Å². The Morgan fingerprint density at radius 1 is 1.21 bits per heavy atom. The molecule has 1 heterocycles. The predicted octanol–water partition coefficient (Wildman–Crippen LogP) is 2.48. The lowest BCUT2D eigenvalue weighted by Crippen LogP contribution is -2.22. The molecule has 4 nitrogen and oxygen atoms in total. The van der Waals surface area contributed by atoms with Crippen LogP contribution in [0.25, 0.3) is 0 Å². The monoisotopic (exact) mass is 361 g/mol. The average Bonchev–Trinajstić information content (AvgIpc) is 2.88. The molecule has 0 aliphatic rings. The summed E-state index contributed by atoms with van der Waals surface area (Å²) in [5.74, 6) is 0. The largest absolute Gasteiger partial charge is 0.392 e. The summed E-state index contributed by atoms with van der Waals surface area (Å²) < 4.78 is 27.7. The Bertz CT molecular complexity index is 650. The number of rotatable bonds is 5. The highest BCUT2D eigenvalue weighted by Gasteiger charge is 2.16. The molecule has 2 N–H and O–H groups in total. The normalized spacial score (nSPS) is 11.7. The molecule has 1 aromatic heterocycles. The number of aliphatic hydroxyl groups is 1. The third-order valence-electron chi connectivity index (χ3n) is 2.46. The van der Waals surface area contributed by atoms with Gasteiger partial charge in [-0.15, -0.1) is 11.3 Å². The molecule has 0 saturated heterocycles. The minimum atomic E-state index is -3.51. The van der Waals surface area contributed by atoms with Crippen LogP contribution in [0.5, 0.6) is 0 Å². The molecule has 0 aliphatic heterocycles. The van der Waals surface area contributed by atoms with Gasteiger partial charge in [-0.1, -0.05) is 28.1 Å². The van der Waals surface area contributed by atoms with Gasteiger partial charge in [0.1, 0.15) is 4.21 Å². The lowest BCUT2D eigenvalue weighted by atomic mass is 10.2. The van der Waals surface area contributed by atoms with E-state index < -0.39 is 10.0 Å². The van der Waals surface area contributed by atoms with E-state index in [0.29, 0.717) is 5.56 Å². The Labute approximate surface area is 124 Å². The number of hydrogen-bond donors (Lipinski definition) is 2. The van der Waals surface area contributed by atoms with Crippen molar-refractivity contribution >= 4 is 37.3 Å². The standard InChI is InChI=1S/C12H12BrNO3S2/c13-11-3-1-9(2-4-11)6-14-19(16,17)12-5-10(7-15)8-18-12/h1-5,8,14-15H,6-7H2. The predicted molar refractivity (Wildman–Crippen MR) is 78.4 cm³/mol. The average molecular weight is 362 g/mol. The van der Waals surface area contributed by atoms with Crippen LogP contribution in [-0.4, -0.2) is 13.5 Å². The van der Waals surface area contributed by atoms with Gasteiger partial charge in [0.05, 0.1) is 6.61 Å². The van der Waals surface area contributed by atoms with E-state index in [-0.39, 0.29) is 17.4 Å². The zero-order chi connectivity index (χ0) is 13.9. The van der Waals surface area contributed by atoms with Crippen molar-refractivity contribution in [2.75, 3.05) is 0 Å². The molecule has 0 bridgehead atoms. The molecule has 2 rings (SSSR count). The topological polar surface area (TPSA) is 66.4 Å². The molecule has 1 aromatic carbocycles. The first-order valence-electron chi connectivity index (χ1n) is 5.43. The van der Waals surface area contributed by atoms with Gasteiger partial charge < -0.3 is 5.11 Å². The molecule has 7 heteroatoms. The van der Waals surface area contributed by atoms with Gasteiger partial charge in [-0.25, -0.2) is 13.1 Å². The molecule has 0 unspecified atom stereocenters. The molecular weight excluding hydrogens is 350 g/mol. The van der Waals surface area contributed by atoms with Crippen molar-refractivity contribution < 1.29 is 13.5 Å². The quantitative estimate of drug-likeness (QED) is 0.859. The van der Waals surface area contributed by atoms with Crippen molar-refractivity contribution in [1.29, 1.82) is 0 Å². The number of sulfonamides is 1. The molecule has 0 radical (unpaired) electrons. The van der Waals surface area contributed by atoms with Gasteiger partial charge in [0.2, 0.25) is 10.0 Å². The van der Waals surface area contributed by atoms with Crippen molar-refractivity contribution in [3.05, 3.63) is 51.3 Å². The third kappa shape index (κ3) is 3.87. The lowest BCUT2D eigenvalue weighted by Gasteiger charge is -2.05. The van der Waals surface area contributed by atoms with E-state index in [1.165, 1.54) is 6.07 Å². The Morgan fingerprint density at radius 3 is 2.47 bits per heavy atom. The molecule has 0 atom stereocenters. The smallest absolute Gasteiger partial charge is 0.250 e. The van der Waals surface area contributed by atoms with Gasteiger partial charge in [-0.3, -0.25) is 0 Å². The Hall–Kier alpha value is -0.730. The van der Waals surface area contributed by atoms with E-state index in [1.54, 1.807) is 5.38 Å². The number of aliphatic hydroxyl groups excluding tert-OH is 1. The Morgan fingerprint density at radius 2 is 1.89 bits per heavy atom. The van der Waals surface area contributed by atoms with Crippen LogP contribution in [-0.2, 0) is 23.2 Å². The zero-order valence-corrected chi connectivity index (χ0v) is 13.1. The van der Waals surface area contributed by atoms with Gasteiger partial charge in [0.25, 0.3) is 0 Å². The molecular formula is C12H12BrNO3S2. The highest BCUT2D eigenvalue weighted by atomic mass is 79.9. The Kier molecular flexibility index (Phi) is 4.75. The molecule has 2 aromatic rings. The SMILES string of the molecule is O=S(=O)(NCc1ccc(Br)cc1)c1cc(CO)cs1. The van der Waals surface area contributed by atoms with Crippen LogP contribution in [0.1, 0.15) is 11.1 Å². The Balaban J connectivity index is 2.07. The zero-order valence-electron chi connectivity index (χ0n) is 9.84. The maximum atomic E-state index is 12.0. The van der Waals surface area contributed by atoms with Gasteiger partial charge in [0.15, 0.2) is 0 Å². The maximum absolute atomic E-state index is 12.0. The number of nitrogens with one attached hydrogen (secondary N) is 1. The van der Waals surface area contributed by atoms with E-state index in [1.807, 2.05) is 24.3 Å². The number of halogens is 1. The van der Waals surface area contributed by atoms with E-state index in [2.05, 4.69) is 20.7 Å². The van der Waals surface area contributed by atoms with Crippen molar-refractivity contribution in [1.82, 2.24) is 4.72 Å². The van der Waals surface area contributed by atoms with E-state index in [4.69, 9.17) is 5.11 Å². The summed E-state index contributed by atoms with van der Waals surface area (Å²) in [7, 11) is -3.51. The van der Waals surface area contributed by atoms with Crippen LogP contribution in [0.2, 0.25) is 0 Å². The molecule has 0 spiro atoms. The number of hydrogen-bond acceptors (Lipinski definition) is 4. The summed E-state index contributed by atoms with van der Waals surface area (Å²) >= 11 is 4.42. The van der Waals surface area contributed by atoms with Crippen LogP contribution in [0, 0.1) is 0 Å². The highest BCUT2D eigenvalue weighted by Crippen LogP contribution is 2.20. The van der Waals surface area contributed by atoms with E-state index in [0.717, 1.165) is 21.4 Å². The molecule has 102 valence electrons. The second kappa shape index (κ2) is 6.15. The molecule has 0 aliphatic carbocycles. The summed E-state index contributed by atoms with van der Waals surface area (Å²) in [6.45, 7) is 0.0840. The van der Waals surface area contributed by atoms with Crippen molar-refractivity contribution in [3.8, 4) is 0 Å². The van der Waals surface area contributed by atoms with E-state index >= 15 is 0 Å². The number of benzene rings is 1. The minimum absolute atomic E-state index is 0.154. The summed E-state index contributed by atoms with van der Waals surface area (Å²) in [4.78, 5) is 0.